The van der Waals surface area contributed by atoms with Gasteiger partial charge in [0.15, 0.2) is 5.75 Å². The molecule has 0 aromatic heterocycles. The highest BCUT2D eigenvalue weighted by atomic mass is 79.9. The summed E-state index contributed by atoms with van der Waals surface area (Å²) in [5, 5.41) is 0.255. The zero-order chi connectivity index (χ0) is 18.8. The molecule has 4 nitrogen and oxygen atoms in total. The summed E-state index contributed by atoms with van der Waals surface area (Å²) in [5.74, 6) is -0.362. The SMILES string of the molecule is CC(=O)Oc1c(Cl)cc(Br)cc1/C=C1/C=C(c2ccc(Br)cc2)OC1=O. The van der Waals surface area contributed by atoms with E-state index in [1.54, 1.807) is 24.3 Å². The van der Waals surface area contributed by atoms with E-state index in [4.69, 9.17) is 21.1 Å². The van der Waals surface area contributed by atoms with E-state index >= 15 is 0 Å². The molecule has 7 heteroatoms. The van der Waals surface area contributed by atoms with E-state index < -0.39 is 11.9 Å². The van der Waals surface area contributed by atoms with E-state index in [1.165, 1.54) is 6.92 Å². The van der Waals surface area contributed by atoms with Crippen LogP contribution in [0.5, 0.6) is 5.75 Å². The maximum Gasteiger partial charge on any atom is 0.343 e. The summed E-state index contributed by atoms with van der Waals surface area (Å²) in [4.78, 5) is 23.6. The molecule has 0 radical (unpaired) electrons. The normalized spacial score (nSPS) is 15.0. The van der Waals surface area contributed by atoms with Gasteiger partial charge in [-0.1, -0.05) is 55.6 Å². The molecule has 0 bridgehead atoms. The standard InChI is InChI=1S/C19H11Br2ClO4/c1-10(23)25-18-12(7-15(21)9-16(18)22)6-13-8-17(26-19(13)24)11-2-4-14(20)5-3-11/h2-9H,1H3/b13-6-. The molecule has 0 saturated heterocycles. The first-order valence-electron chi connectivity index (χ1n) is 7.42. The fourth-order valence-electron chi connectivity index (χ4n) is 2.35. The third-order valence-electron chi connectivity index (χ3n) is 3.45. The van der Waals surface area contributed by atoms with Crippen LogP contribution in [0.3, 0.4) is 0 Å². The average Bonchev–Trinajstić information content (AvgIpc) is 2.92. The van der Waals surface area contributed by atoms with Gasteiger partial charge in [-0.05, 0) is 36.4 Å². The minimum atomic E-state index is -0.506. The lowest BCUT2D eigenvalue weighted by Crippen LogP contribution is -2.04. The zero-order valence-corrected chi connectivity index (χ0v) is 17.3. The Kier molecular flexibility index (Phi) is 5.65. The van der Waals surface area contributed by atoms with Crippen LogP contribution in [0.15, 0.2) is 57.0 Å². The molecule has 0 fully saturated rings. The third kappa shape index (κ3) is 4.26. The highest BCUT2D eigenvalue weighted by molar-refractivity contribution is 9.10. The molecule has 132 valence electrons. The molecule has 0 saturated carbocycles. The molecule has 0 aliphatic carbocycles. The van der Waals surface area contributed by atoms with Gasteiger partial charge in [0, 0.05) is 27.0 Å². The Morgan fingerprint density at radius 1 is 1.15 bits per heavy atom. The second-order valence-electron chi connectivity index (χ2n) is 5.40. The maximum absolute atomic E-state index is 12.2. The largest absolute Gasteiger partial charge is 0.424 e. The van der Waals surface area contributed by atoms with Crippen molar-refractivity contribution in [1.29, 1.82) is 0 Å². The Morgan fingerprint density at radius 2 is 1.85 bits per heavy atom. The van der Waals surface area contributed by atoms with Gasteiger partial charge in [0.2, 0.25) is 0 Å². The molecule has 0 spiro atoms. The van der Waals surface area contributed by atoms with Crippen molar-refractivity contribution < 1.29 is 19.1 Å². The topological polar surface area (TPSA) is 52.6 Å². The molecule has 3 rings (SSSR count). The monoisotopic (exact) mass is 496 g/mol. The van der Waals surface area contributed by atoms with E-state index in [2.05, 4.69) is 31.9 Å². The van der Waals surface area contributed by atoms with Gasteiger partial charge in [-0.3, -0.25) is 4.79 Å². The third-order valence-corrected chi connectivity index (χ3v) is 4.71. The second-order valence-corrected chi connectivity index (χ2v) is 7.64. The van der Waals surface area contributed by atoms with Gasteiger partial charge in [-0.15, -0.1) is 0 Å². The van der Waals surface area contributed by atoms with E-state index in [-0.39, 0.29) is 10.8 Å². The number of benzene rings is 2. The highest BCUT2D eigenvalue weighted by Gasteiger charge is 2.23. The van der Waals surface area contributed by atoms with Crippen LogP contribution in [0.1, 0.15) is 18.1 Å². The van der Waals surface area contributed by atoms with Crippen LogP contribution in [0.4, 0.5) is 0 Å². The van der Waals surface area contributed by atoms with Crippen molar-refractivity contribution >= 4 is 67.2 Å². The van der Waals surface area contributed by atoms with Gasteiger partial charge in [0.25, 0.3) is 0 Å². The fourth-order valence-corrected chi connectivity index (χ4v) is 3.49. The minimum Gasteiger partial charge on any atom is -0.424 e. The van der Waals surface area contributed by atoms with E-state index in [1.807, 2.05) is 24.3 Å². The van der Waals surface area contributed by atoms with Crippen LogP contribution in [0, 0.1) is 0 Å². The number of hydrogen-bond acceptors (Lipinski definition) is 4. The number of cyclic esters (lactones) is 1. The lowest BCUT2D eigenvalue weighted by molar-refractivity contribution is -0.132. The highest BCUT2D eigenvalue weighted by Crippen LogP contribution is 2.36. The summed E-state index contributed by atoms with van der Waals surface area (Å²) in [6.07, 6.45) is 3.21. The van der Waals surface area contributed by atoms with Crippen LogP contribution in [-0.4, -0.2) is 11.9 Å². The van der Waals surface area contributed by atoms with Gasteiger partial charge in [-0.25, -0.2) is 4.79 Å². The molecule has 26 heavy (non-hydrogen) atoms. The molecule has 0 unspecified atom stereocenters. The summed E-state index contributed by atoms with van der Waals surface area (Å²) in [5.41, 5.74) is 1.59. The summed E-state index contributed by atoms with van der Waals surface area (Å²) in [6.45, 7) is 1.28. The number of carbonyl (C=O) groups is 2. The maximum atomic E-state index is 12.2. The number of rotatable bonds is 3. The molecule has 1 aliphatic heterocycles. The van der Waals surface area contributed by atoms with Gasteiger partial charge in [0.05, 0.1) is 10.6 Å². The summed E-state index contributed by atoms with van der Waals surface area (Å²) >= 11 is 12.9. The van der Waals surface area contributed by atoms with E-state index in [0.717, 1.165) is 10.0 Å². The molecule has 1 aliphatic rings. The first kappa shape index (κ1) is 18.9. The van der Waals surface area contributed by atoms with Crippen molar-refractivity contribution in [3.05, 3.63) is 73.1 Å². The van der Waals surface area contributed by atoms with Crippen LogP contribution >= 0.6 is 43.5 Å². The van der Waals surface area contributed by atoms with Crippen molar-refractivity contribution in [2.75, 3.05) is 0 Å². The Hall–Kier alpha value is -1.89. The second kappa shape index (κ2) is 7.78. The van der Waals surface area contributed by atoms with Gasteiger partial charge >= 0.3 is 11.9 Å². The van der Waals surface area contributed by atoms with Crippen molar-refractivity contribution in [3.8, 4) is 5.75 Å². The quantitative estimate of drug-likeness (QED) is 0.306. The molecule has 2 aromatic rings. The minimum absolute atomic E-state index is 0.188. The predicted octanol–water partition coefficient (Wildman–Crippen LogP) is 5.77. The summed E-state index contributed by atoms with van der Waals surface area (Å²) < 4.78 is 12.1. The molecular formula is C19H11Br2ClO4. The molecule has 1 heterocycles. The number of halogens is 3. The molecular weight excluding hydrogens is 487 g/mol. The Morgan fingerprint density at radius 3 is 2.50 bits per heavy atom. The van der Waals surface area contributed by atoms with Gasteiger partial charge < -0.3 is 9.47 Å². The van der Waals surface area contributed by atoms with Gasteiger partial charge in [-0.2, -0.15) is 0 Å². The number of esters is 2. The van der Waals surface area contributed by atoms with Crippen LogP contribution in [0.2, 0.25) is 5.02 Å². The fraction of sp³-hybridized carbons (Fsp3) is 0.0526. The Bertz CT molecular complexity index is 962. The zero-order valence-electron chi connectivity index (χ0n) is 13.4. The first-order valence-corrected chi connectivity index (χ1v) is 9.39. The number of hydrogen-bond donors (Lipinski definition) is 0. The van der Waals surface area contributed by atoms with Crippen LogP contribution < -0.4 is 4.74 Å². The Balaban J connectivity index is 2.03. The number of carbonyl (C=O) groups excluding carboxylic acids is 2. The molecule has 0 atom stereocenters. The molecule has 0 N–H and O–H groups in total. The van der Waals surface area contributed by atoms with Crippen molar-refractivity contribution in [1.82, 2.24) is 0 Å². The van der Waals surface area contributed by atoms with Gasteiger partial charge in [0.1, 0.15) is 5.76 Å². The molecule has 0 amide bonds. The van der Waals surface area contributed by atoms with Crippen LogP contribution in [0.25, 0.3) is 11.8 Å². The lowest BCUT2D eigenvalue weighted by atomic mass is 10.1. The van der Waals surface area contributed by atoms with Crippen molar-refractivity contribution in [2.45, 2.75) is 6.92 Å². The lowest BCUT2D eigenvalue weighted by Gasteiger charge is -2.09. The average molecular weight is 499 g/mol. The van der Waals surface area contributed by atoms with Crippen molar-refractivity contribution in [2.24, 2.45) is 0 Å². The summed E-state index contributed by atoms with van der Waals surface area (Å²) in [7, 11) is 0. The smallest absolute Gasteiger partial charge is 0.343 e. The van der Waals surface area contributed by atoms with Crippen LogP contribution in [-0.2, 0) is 14.3 Å². The number of ether oxygens (including phenoxy) is 2. The predicted molar refractivity (Wildman–Crippen MR) is 107 cm³/mol. The molecule has 2 aromatic carbocycles. The Labute approximate surface area is 171 Å². The van der Waals surface area contributed by atoms with E-state index in [0.29, 0.717) is 21.4 Å². The first-order chi connectivity index (χ1) is 12.3. The summed E-state index contributed by atoms with van der Waals surface area (Å²) in [6, 6.07) is 10.7. The van der Waals surface area contributed by atoms with Crippen molar-refractivity contribution in [3.63, 3.8) is 0 Å². The van der Waals surface area contributed by atoms with E-state index in [9.17, 15) is 9.59 Å².